The highest BCUT2D eigenvalue weighted by Gasteiger charge is 2.46. The van der Waals surface area contributed by atoms with Crippen molar-refractivity contribution in [3.63, 3.8) is 0 Å². The molecule has 3 fully saturated rings. The highest BCUT2D eigenvalue weighted by Crippen LogP contribution is 2.42. The molecule has 8 heterocycles. The molecule has 9 rings (SSSR count). The zero-order valence-corrected chi connectivity index (χ0v) is 44.2. The zero-order chi connectivity index (χ0) is 53.0. The Morgan fingerprint density at radius 2 is 1.65 bits per heavy atom. The van der Waals surface area contributed by atoms with E-state index in [0.29, 0.717) is 66.0 Å². The summed E-state index contributed by atoms with van der Waals surface area (Å²) in [5.74, 6) is 0.138. The Labute approximate surface area is 439 Å². The van der Waals surface area contributed by atoms with Crippen molar-refractivity contribution in [3.8, 4) is 27.4 Å². The van der Waals surface area contributed by atoms with E-state index in [4.69, 9.17) is 9.47 Å². The van der Waals surface area contributed by atoms with Gasteiger partial charge < -0.3 is 39.6 Å². The van der Waals surface area contributed by atoms with Crippen molar-refractivity contribution >= 4 is 64.2 Å². The normalized spacial score (nSPS) is 16.9. The highest BCUT2D eigenvalue weighted by atomic mass is 32.1. The number of fused-ring (bicyclic) bond motifs is 1. The van der Waals surface area contributed by atoms with Crippen LogP contribution >= 0.6 is 11.3 Å². The van der Waals surface area contributed by atoms with E-state index in [9.17, 15) is 24.0 Å². The average molecular weight is 1040 g/mol. The van der Waals surface area contributed by atoms with Gasteiger partial charge in [0.15, 0.2) is 23.8 Å². The van der Waals surface area contributed by atoms with Crippen LogP contribution in [-0.2, 0) is 30.5 Å². The van der Waals surface area contributed by atoms with Crippen LogP contribution in [0, 0.1) is 17.8 Å². The SMILES string of the molecule is Cc1ncsc1-c1ccc(CNC(=O)C2CCCN2C(=O)C(NC(=O)COc2cnc(N3CC4(CCN(CC(=O)Nc5cn6cc(-c7cncc(N(C)C(=O)OC(C)C)c7)ncc6n5)CC4)C3)nc2)C(C)(C)C)cc1. The maximum atomic E-state index is 14.1. The third-order valence-corrected chi connectivity index (χ3v) is 14.9. The maximum Gasteiger partial charge on any atom is 0.414 e. The molecule has 3 aliphatic heterocycles. The summed E-state index contributed by atoms with van der Waals surface area (Å²) in [6.07, 6.45) is 13.8. The highest BCUT2D eigenvalue weighted by molar-refractivity contribution is 7.13. The molecule has 2 unspecified atom stereocenters. The molecule has 394 valence electrons. The first-order valence-electron chi connectivity index (χ1n) is 25.2. The average Bonchev–Trinajstić information content (AvgIpc) is 4.16. The first-order chi connectivity index (χ1) is 35.9. The maximum absolute atomic E-state index is 14.1. The summed E-state index contributed by atoms with van der Waals surface area (Å²) < 4.78 is 12.9. The topological polar surface area (TPSA) is 235 Å². The van der Waals surface area contributed by atoms with Gasteiger partial charge in [-0.2, -0.15) is 0 Å². The molecule has 3 saturated heterocycles. The Morgan fingerprint density at radius 3 is 2.35 bits per heavy atom. The van der Waals surface area contributed by atoms with Gasteiger partial charge >= 0.3 is 6.09 Å². The minimum Gasteiger partial charge on any atom is -0.481 e. The fourth-order valence-electron chi connectivity index (χ4n) is 9.71. The van der Waals surface area contributed by atoms with Crippen LogP contribution in [-0.4, -0.2) is 145 Å². The number of nitrogens with zero attached hydrogens (tertiary/aromatic N) is 11. The van der Waals surface area contributed by atoms with Gasteiger partial charge in [0.1, 0.15) is 12.1 Å². The first kappa shape index (κ1) is 52.3. The van der Waals surface area contributed by atoms with Crippen molar-refractivity contribution in [2.24, 2.45) is 10.8 Å². The van der Waals surface area contributed by atoms with Gasteiger partial charge in [-0.1, -0.05) is 45.0 Å². The van der Waals surface area contributed by atoms with Crippen LogP contribution in [0.4, 0.5) is 22.2 Å². The van der Waals surface area contributed by atoms with Crippen molar-refractivity contribution < 1.29 is 33.4 Å². The lowest BCUT2D eigenvalue weighted by molar-refractivity contribution is -0.144. The second kappa shape index (κ2) is 22.1. The van der Waals surface area contributed by atoms with E-state index < -0.39 is 29.5 Å². The molecule has 6 aromatic rings. The molecule has 3 aliphatic rings. The van der Waals surface area contributed by atoms with Gasteiger partial charge in [-0.05, 0) is 82.2 Å². The largest absolute Gasteiger partial charge is 0.481 e. The van der Waals surface area contributed by atoms with Gasteiger partial charge in [-0.3, -0.25) is 38.9 Å². The van der Waals surface area contributed by atoms with Gasteiger partial charge in [-0.15, -0.1) is 11.3 Å². The number of ether oxygens (including phenoxy) is 2. The summed E-state index contributed by atoms with van der Waals surface area (Å²) in [6, 6.07) is 8.29. The van der Waals surface area contributed by atoms with Crippen LogP contribution in [0.15, 0.2) is 79.2 Å². The second-order valence-electron chi connectivity index (χ2n) is 21.0. The molecule has 3 N–H and O–H groups in total. The van der Waals surface area contributed by atoms with Crippen LogP contribution in [0.1, 0.15) is 71.6 Å². The number of rotatable bonds is 16. The monoisotopic (exact) mass is 1040 g/mol. The van der Waals surface area contributed by atoms with Gasteiger partial charge in [0.05, 0.1) is 71.1 Å². The molecule has 0 saturated carbocycles. The predicted octanol–water partition coefficient (Wildman–Crippen LogP) is 5.75. The van der Waals surface area contributed by atoms with E-state index in [1.165, 1.54) is 4.90 Å². The number of pyridine rings is 1. The fraction of sp³-hybridized carbons (Fsp3) is 0.453. The molecule has 21 nitrogen and oxygen atoms in total. The molecule has 5 aromatic heterocycles. The lowest BCUT2D eigenvalue weighted by Crippen LogP contribution is -2.61. The summed E-state index contributed by atoms with van der Waals surface area (Å²) in [7, 11) is 1.62. The van der Waals surface area contributed by atoms with Gasteiger partial charge in [0.2, 0.25) is 23.7 Å². The Bertz CT molecular complexity index is 3030. The molecule has 0 bridgehead atoms. The van der Waals surface area contributed by atoms with E-state index in [1.54, 1.807) is 91.0 Å². The first-order valence-corrected chi connectivity index (χ1v) is 26.1. The number of carbonyl (C=O) groups excluding carboxylic acids is 5. The number of imidazole rings is 1. The number of amides is 5. The molecule has 5 amide bonds. The van der Waals surface area contributed by atoms with Crippen LogP contribution in [0.5, 0.6) is 5.75 Å². The minimum atomic E-state index is -0.892. The predicted molar refractivity (Wildman–Crippen MR) is 283 cm³/mol. The summed E-state index contributed by atoms with van der Waals surface area (Å²) in [4.78, 5) is 102. The van der Waals surface area contributed by atoms with Crippen LogP contribution < -0.4 is 30.5 Å². The third-order valence-electron chi connectivity index (χ3n) is 13.9. The Morgan fingerprint density at radius 1 is 0.907 bits per heavy atom. The number of aromatic nitrogens is 7. The smallest absolute Gasteiger partial charge is 0.414 e. The van der Waals surface area contributed by atoms with Crippen molar-refractivity contribution in [3.05, 3.63) is 90.5 Å². The Balaban J connectivity index is 0.695. The number of aryl methyl sites for hydroxylation is 1. The molecular formula is C53H64N14O7S. The Kier molecular flexibility index (Phi) is 15.4. The number of hydrogen-bond acceptors (Lipinski definition) is 16. The van der Waals surface area contributed by atoms with Gasteiger partial charge in [0, 0.05) is 56.6 Å². The number of likely N-dealkylation sites (tertiary alicyclic amines) is 2. The van der Waals surface area contributed by atoms with Crippen molar-refractivity contribution in [2.75, 3.05) is 68.0 Å². The summed E-state index contributed by atoms with van der Waals surface area (Å²) >= 11 is 1.59. The van der Waals surface area contributed by atoms with E-state index in [2.05, 4.69) is 55.7 Å². The second-order valence-corrected chi connectivity index (χ2v) is 21.9. The van der Waals surface area contributed by atoms with Crippen molar-refractivity contribution in [2.45, 2.75) is 92.0 Å². The molecule has 75 heavy (non-hydrogen) atoms. The lowest BCUT2D eigenvalue weighted by Gasteiger charge is -2.53. The van der Waals surface area contributed by atoms with Gasteiger partial charge in [-0.25, -0.2) is 24.7 Å². The van der Waals surface area contributed by atoms with E-state index in [0.717, 1.165) is 60.7 Å². The molecule has 1 spiro atoms. The number of carbonyl (C=O) groups is 5. The lowest BCUT2D eigenvalue weighted by atomic mass is 9.72. The number of piperidine rings is 1. The molecular weight excluding hydrogens is 977 g/mol. The van der Waals surface area contributed by atoms with Crippen LogP contribution in [0.25, 0.3) is 27.3 Å². The number of nitrogens with one attached hydrogen (secondary N) is 3. The fourth-order valence-corrected chi connectivity index (χ4v) is 10.5. The summed E-state index contributed by atoms with van der Waals surface area (Å²) in [5.41, 5.74) is 6.71. The van der Waals surface area contributed by atoms with E-state index in [-0.39, 0.29) is 42.4 Å². The van der Waals surface area contributed by atoms with Crippen LogP contribution in [0.2, 0.25) is 0 Å². The summed E-state index contributed by atoms with van der Waals surface area (Å²) in [5, 5.41) is 8.84. The number of benzene rings is 1. The molecule has 0 aliphatic carbocycles. The molecule has 2 atom stereocenters. The number of thiazole rings is 1. The third kappa shape index (κ3) is 12.3. The Hall–Kier alpha value is -7.59. The molecule has 0 radical (unpaired) electrons. The summed E-state index contributed by atoms with van der Waals surface area (Å²) in [6.45, 7) is 15.0. The van der Waals surface area contributed by atoms with Crippen LogP contribution in [0.3, 0.4) is 0 Å². The molecule has 22 heteroatoms. The zero-order valence-electron chi connectivity index (χ0n) is 43.4. The standard InChI is InChI=1S/C53H64N14O7S/c1-33(2)74-51(72)63(7)38-19-37(21-54-22-38)40-26-65-27-42(60-43(65)25-55-40)61-44(68)28-64-17-14-53(15-18-64)30-66(31-53)50-57-23-39(24-58-50)73-29-45(69)62-47(52(4,5)6)49(71)67-16-8-9-41(67)48(70)56-20-35-10-12-36(13-11-35)46-34(3)59-32-75-46/h10-13,19,21-27,32-33,41,47H,8-9,14-18,20,28-31H2,1-7H3,(H,56,70)(H,61,68)(H,62,69). The van der Waals surface area contributed by atoms with E-state index >= 15 is 0 Å². The number of hydrogen-bond donors (Lipinski definition) is 3. The molecule has 1 aromatic carbocycles. The number of anilines is 3. The van der Waals surface area contributed by atoms with E-state index in [1.807, 2.05) is 57.5 Å². The quantitative estimate of drug-likeness (QED) is 0.105. The van der Waals surface area contributed by atoms with Crippen molar-refractivity contribution in [1.29, 1.82) is 0 Å². The van der Waals surface area contributed by atoms with Gasteiger partial charge in [0.25, 0.3) is 5.91 Å². The minimum absolute atomic E-state index is 0.104. The van der Waals surface area contributed by atoms with Crippen molar-refractivity contribution in [1.82, 2.24) is 54.7 Å².